The zero-order valence-electron chi connectivity index (χ0n) is 13.0. The summed E-state index contributed by atoms with van der Waals surface area (Å²) >= 11 is 0. The Morgan fingerprint density at radius 2 is 1.21 bits per heavy atom. The molecule has 118 valence electrons. The van der Waals surface area contributed by atoms with Crippen molar-refractivity contribution in [2.75, 3.05) is 0 Å². The van der Waals surface area contributed by atoms with E-state index in [1.165, 1.54) is 0 Å². The van der Waals surface area contributed by atoms with E-state index in [-0.39, 0.29) is 5.78 Å². The molecule has 3 nitrogen and oxygen atoms in total. The topological polar surface area (TPSA) is 35.5 Å². The smallest absolute Gasteiger partial charge is 0.207 e. The van der Waals surface area contributed by atoms with Gasteiger partial charge in [0.15, 0.2) is 17.6 Å². The number of para-hydroxylation sites is 2. The summed E-state index contributed by atoms with van der Waals surface area (Å²) in [6.45, 7) is 0. The minimum absolute atomic E-state index is 0.0843. The highest BCUT2D eigenvalue weighted by molar-refractivity contribution is 6.00. The number of Topliss-reactive ketones (excluding diaryl/α,β-unsaturated/α-hetero) is 1. The summed E-state index contributed by atoms with van der Waals surface area (Å²) in [5.74, 6) is 1.17. The molecule has 0 N–H and O–H groups in total. The first-order valence-electron chi connectivity index (χ1n) is 7.89. The first kappa shape index (κ1) is 14.5. The van der Waals surface area contributed by atoms with Gasteiger partial charge in [0.25, 0.3) is 0 Å². The SMILES string of the molecule is O=C(c1ccccc1)C1Oc2ccccc2OC1c1ccccc1. The molecule has 1 aliphatic rings. The maximum absolute atomic E-state index is 13.0. The van der Waals surface area contributed by atoms with E-state index >= 15 is 0 Å². The van der Waals surface area contributed by atoms with Gasteiger partial charge < -0.3 is 9.47 Å². The highest BCUT2D eigenvalue weighted by Crippen LogP contribution is 2.40. The third-order valence-electron chi connectivity index (χ3n) is 4.08. The molecule has 0 aliphatic carbocycles. The van der Waals surface area contributed by atoms with Crippen molar-refractivity contribution in [3.8, 4) is 11.5 Å². The van der Waals surface area contributed by atoms with Crippen molar-refractivity contribution in [3.05, 3.63) is 96.1 Å². The van der Waals surface area contributed by atoms with Gasteiger partial charge in [-0.15, -0.1) is 0 Å². The van der Waals surface area contributed by atoms with Crippen molar-refractivity contribution < 1.29 is 14.3 Å². The van der Waals surface area contributed by atoms with E-state index in [1.54, 1.807) is 12.1 Å². The van der Waals surface area contributed by atoms with Gasteiger partial charge in [0.2, 0.25) is 11.9 Å². The summed E-state index contributed by atoms with van der Waals surface area (Å²) in [4.78, 5) is 13.0. The van der Waals surface area contributed by atoms with Crippen molar-refractivity contribution in [2.45, 2.75) is 12.2 Å². The summed E-state index contributed by atoms with van der Waals surface area (Å²) in [5, 5.41) is 0. The molecule has 3 aromatic rings. The third-order valence-corrected chi connectivity index (χ3v) is 4.08. The molecule has 2 atom stereocenters. The van der Waals surface area contributed by atoms with Gasteiger partial charge in [-0.3, -0.25) is 4.79 Å². The molecule has 1 aliphatic heterocycles. The number of hydrogen-bond acceptors (Lipinski definition) is 3. The summed E-state index contributed by atoms with van der Waals surface area (Å²) in [7, 11) is 0. The van der Waals surface area contributed by atoms with E-state index in [4.69, 9.17) is 9.47 Å². The molecule has 3 aromatic carbocycles. The number of fused-ring (bicyclic) bond motifs is 1. The lowest BCUT2D eigenvalue weighted by Crippen LogP contribution is -2.39. The van der Waals surface area contributed by atoms with Crippen molar-refractivity contribution in [3.63, 3.8) is 0 Å². The quantitative estimate of drug-likeness (QED) is 0.670. The van der Waals surface area contributed by atoms with Gasteiger partial charge in [-0.2, -0.15) is 0 Å². The Kier molecular flexibility index (Phi) is 3.75. The number of benzene rings is 3. The normalized spacial score (nSPS) is 18.8. The predicted octanol–water partition coefficient (Wildman–Crippen LogP) is 4.45. The third kappa shape index (κ3) is 2.65. The molecule has 0 amide bonds. The highest BCUT2D eigenvalue weighted by atomic mass is 16.6. The van der Waals surface area contributed by atoms with Crippen LogP contribution in [0.1, 0.15) is 22.0 Å². The number of carbonyl (C=O) groups excluding carboxylic acids is 1. The second kappa shape index (κ2) is 6.20. The molecular formula is C21H16O3. The van der Waals surface area contributed by atoms with Gasteiger partial charge in [0, 0.05) is 5.56 Å². The average molecular weight is 316 g/mol. The molecule has 0 aromatic heterocycles. The summed E-state index contributed by atoms with van der Waals surface area (Å²) in [5.41, 5.74) is 1.53. The van der Waals surface area contributed by atoms with E-state index in [2.05, 4.69) is 0 Å². The number of ether oxygens (including phenoxy) is 2. The predicted molar refractivity (Wildman–Crippen MR) is 91.4 cm³/mol. The molecule has 2 unspecified atom stereocenters. The lowest BCUT2D eigenvalue weighted by atomic mass is 9.96. The summed E-state index contributed by atoms with van der Waals surface area (Å²) in [6, 6.07) is 26.3. The minimum atomic E-state index is -0.718. The van der Waals surface area contributed by atoms with Crippen molar-refractivity contribution in [1.29, 1.82) is 0 Å². The molecule has 3 heteroatoms. The van der Waals surface area contributed by atoms with Crippen LogP contribution in [0.2, 0.25) is 0 Å². The maximum atomic E-state index is 13.0. The van der Waals surface area contributed by atoms with Gasteiger partial charge in [-0.25, -0.2) is 0 Å². The zero-order chi connectivity index (χ0) is 16.4. The molecule has 1 heterocycles. The fourth-order valence-corrected chi connectivity index (χ4v) is 2.89. The second-order valence-electron chi connectivity index (χ2n) is 5.66. The lowest BCUT2D eigenvalue weighted by molar-refractivity contribution is 0.0210. The monoisotopic (exact) mass is 316 g/mol. The molecule has 0 saturated heterocycles. The zero-order valence-corrected chi connectivity index (χ0v) is 13.0. The number of ketones is 1. The molecule has 4 rings (SSSR count). The molecule has 24 heavy (non-hydrogen) atoms. The molecule has 0 saturated carbocycles. The molecule has 0 bridgehead atoms. The van der Waals surface area contributed by atoms with Crippen LogP contribution in [0.5, 0.6) is 11.5 Å². The molecule has 0 radical (unpaired) electrons. The summed E-state index contributed by atoms with van der Waals surface area (Å²) < 4.78 is 12.2. The van der Waals surface area contributed by atoms with Gasteiger partial charge in [0.05, 0.1) is 0 Å². The Balaban J connectivity index is 1.75. The number of hydrogen-bond donors (Lipinski definition) is 0. The molecule has 0 spiro atoms. The van der Waals surface area contributed by atoms with Gasteiger partial charge in [-0.05, 0) is 17.7 Å². The second-order valence-corrected chi connectivity index (χ2v) is 5.66. The fourth-order valence-electron chi connectivity index (χ4n) is 2.89. The van der Waals surface area contributed by atoms with Crippen LogP contribution in [0, 0.1) is 0 Å². The van der Waals surface area contributed by atoms with Crippen LogP contribution in [-0.2, 0) is 0 Å². The van der Waals surface area contributed by atoms with Crippen molar-refractivity contribution >= 4 is 5.78 Å². The molecular weight excluding hydrogens is 300 g/mol. The van der Waals surface area contributed by atoms with Crippen LogP contribution in [-0.4, -0.2) is 11.9 Å². The van der Waals surface area contributed by atoms with E-state index in [9.17, 15) is 4.79 Å². The number of rotatable bonds is 3. The van der Waals surface area contributed by atoms with Gasteiger partial charge >= 0.3 is 0 Å². The Morgan fingerprint density at radius 3 is 1.88 bits per heavy atom. The van der Waals surface area contributed by atoms with Gasteiger partial charge in [-0.1, -0.05) is 72.8 Å². The van der Waals surface area contributed by atoms with E-state index < -0.39 is 12.2 Å². The molecule has 0 fully saturated rings. The first-order valence-corrected chi connectivity index (χ1v) is 7.89. The average Bonchev–Trinajstić information content (AvgIpc) is 2.68. The van der Waals surface area contributed by atoms with E-state index in [0.29, 0.717) is 17.1 Å². The van der Waals surface area contributed by atoms with Crippen LogP contribution in [0.3, 0.4) is 0 Å². The first-order chi connectivity index (χ1) is 11.8. The van der Waals surface area contributed by atoms with Crippen LogP contribution in [0.4, 0.5) is 0 Å². The van der Waals surface area contributed by atoms with E-state index in [1.807, 2.05) is 72.8 Å². The van der Waals surface area contributed by atoms with Crippen LogP contribution >= 0.6 is 0 Å². The maximum Gasteiger partial charge on any atom is 0.207 e. The van der Waals surface area contributed by atoms with Crippen molar-refractivity contribution in [2.24, 2.45) is 0 Å². The minimum Gasteiger partial charge on any atom is -0.477 e. The summed E-state index contributed by atoms with van der Waals surface area (Å²) in [6.07, 6.45) is -1.20. The largest absolute Gasteiger partial charge is 0.477 e. The van der Waals surface area contributed by atoms with E-state index in [0.717, 1.165) is 5.56 Å². The lowest BCUT2D eigenvalue weighted by Gasteiger charge is -2.33. The number of carbonyl (C=O) groups is 1. The van der Waals surface area contributed by atoms with Crippen molar-refractivity contribution in [1.82, 2.24) is 0 Å². The van der Waals surface area contributed by atoms with Gasteiger partial charge in [0.1, 0.15) is 0 Å². The Hall–Kier alpha value is -3.07. The Morgan fingerprint density at radius 1 is 0.667 bits per heavy atom. The van der Waals surface area contributed by atoms with Crippen LogP contribution < -0.4 is 9.47 Å². The Bertz CT molecular complexity index is 843. The Labute approximate surface area is 140 Å². The van der Waals surface area contributed by atoms with Crippen LogP contribution in [0.25, 0.3) is 0 Å². The fraction of sp³-hybridized carbons (Fsp3) is 0.0952. The standard InChI is InChI=1S/C21H16O3/c22-19(15-9-3-1-4-10-15)21-20(16-11-5-2-6-12-16)23-17-13-7-8-14-18(17)24-21/h1-14,20-21H. The highest BCUT2D eigenvalue weighted by Gasteiger charge is 2.38. The van der Waals surface area contributed by atoms with Crippen LogP contribution in [0.15, 0.2) is 84.9 Å².